The zero-order valence-electron chi connectivity index (χ0n) is 6.66. The van der Waals surface area contributed by atoms with Gasteiger partial charge in [-0.05, 0) is 18.2 Å². The maximum atomic E-state index is 5.77. The molecule has 1 aromatic rings. The van der Waals surface area contributed by atoms with Crippen LogP contribution in [0.2, 0.25) is 0 Å². The van der Waals surface area contributed by atoms with Crippen LogP contribution in [-0.4, -0.2) is 11.6 Å². The number of hydrogen-bond donors (Lipinski definition) is 1. The van der Waals surface area contributed by atoms with Crippen LogP contribution in [0.4, 0.5) is 0 Å². The highest BCUT2D eigenvalue weighted by Crippen LogP contribution is 2.08. The summed E-state index contributed by atoms with van der Waals surface area (Å²) < 4.78 is 0. The molecule has 1 rings (SSSR count). The standard InChI is InChI=1S/C9H13NS/c1-11-9(10)7-8-5-3-2-4-6-8/h2-6,9H,7,10H2,1H3. The van der Waals surface area contributed by atoms with Crippen molar-refractivity contribution in [3.63, 3.8) is 0 Å². The molecule has 2 N–H and O–H groups in total. The molecule has 0 fully saturated rings. The van der Waals surface area contributed by atoms with E-state index in [0.29, 0.717) is 0 Å². The highest BCUT2D eigenvalue weighted by atomic mass is 32.2. The van der Waals surface area contributed by atoms with Crippen LogP contribution in [0.25, 0.3) is 0 Å². The average Bonchev–Trinajstić information content (AvgIpc) is 2.06. The number of rotatable bonds is 3. The third-order valence-corrected chi connectivity index (χ3v) is 2.35. The van der Waals surface area contributed by atoms with Crippen molar-refractivity contribution >= 4 is 11.8 Å². The maximum absolute atomic E-state index is 5.77. The first-order chi connectivity index (χ1) is 5.33. The molecule has 0 aliphatic carbocycles. The van der Waals surface area contributed by atoms with Gasteiger partial charge in [0.15, 0.2) is 0 Å². The van der Waals surface area contributed by atoms with E-state index in [9.17, 15) is 0 Å². The molecule has 60 valence electrons. The largest absolute Gasteiger partial charge is 0.319 e. The van der Waals surface area contributed by atoms with Crippen LogP contribution in [0, 0.1) is 0 Å². The first-order valence-electron chi connectivity index (χ1n) is 3.65. The molecule has 11 heavy (non-hydrogen) atoms. The van der Waals surface area contributed by atoms with Gasteiger partial charge in [0.25, 0.3) is 0 Å². The highest BCUT2D eigenvalue weighted by Gasteiger charge is 1.99. The Kier molecular flexibility index (Phi) is 3.46. The van der Waals surface area contributed by atoms with E-state index in [-0.39, 0.29) is 5.37 Å². The fourth-order valence-corrected chi connectivity index (χ4v) is 1.29. The number of nitrogens with two attached hydrogens (primary N) is 1. The van der Waals surface area contributed by atoms with Crippen molar-refractivity contribution in [1.82, 2.24) is 0 Å². The van der Waals surface area contributed by atoms with Crippen molar-refractivity contribution < 1.29 is 0 Å². The lowest BCUT2D eigenvalue weighted by molar-refractivity contribution is 0.904. The molecule has 0 saturated carbocycles. The molecule has 0 aromatic heterocycles. The second-order valence-corrected chi connectivity index (χ2v) is 3.54. The normalized spacial score (nSPS) is 12.9. The number of benzene rings is 1. The summed E-state index contributed by atoms with van der Waals surface area (Å²) in [5.41, 5.74) is 7.08. The Balaban J connectivity index is 2.51. The van der Waals surface area contributed by atoms with Gasteiger partial charge in [0.1, 0.15) is 0 Å². The van der Waals surface area contributed by atoms with Gasteiger partial charge in [-0.15, -0.1) is 11.8 Å². The van der Waals surface area contributed by atoms with Gasteiger partial charge < -0.3 is 5.73 Å². The van der Waals surface area contributed by atoms with Crippen LogP contribution in [0.3, 0.4) is 0 Å². The van der Waals surface area contributed by atoms with E-state index in [0.717, 1.165) is 6.42 Å². The molecule has 0 aliphatic rings. The second-order valence-electron chi connectivity index (χ2n) is 2.46. The highest BCUT2D eigenvalue weighted by molar-refractivity contribution is 7.99. The van der Waals surface area contributed by atoms with Crippen molar-refractivity contribution in [3.8, 4) is 0 Å². The smallest absolute Gasteiger partial charge is 0.0545 e. The van der Waals surface area contributed by atoms with Gasteiger partial charge in [0.2, 0.25) is 0 Å². The van der Waals surface area contributed by atoms with E-state index in [2.05, 4.69) is 12.1 Å². The van der Waals surface area contributed by atoms with Crippen LogP contribution in [0.15, 0.2) is 30.3 Å². The van der Waals surface area contributed by atoms with Crippen LogP contribution in [0.5, 0.6) is 0 Å². The molecule has 0 amide bonds. The van der Waals surface area contributed by atoms with Gasteiger partial charge in [0.05, 0.1) is 5.37 Å². The predicted octanol–water partition coefficient (Wildman–Crippen LogP) is 1.88. The summed E-state index contributed by atoms with van der Waals surface area (Å²) in [5, 5.41) is 0.234. The SMILES string of the molecule is CSC(N)Cc1ccccc1. The summed E-state index contributed by atoms with van der Waals surface area (Å²) in [6.07, 6.45) is 3.00. The van der Waals surface area contributed by atoms with Gasteiger partial charge >= 0.3 is 0 Å². The minimum Gasteiger partial charge on any atom is -0.319 e. The fourth-order valence-electron chi connectivity index (χ4n) is 0.930. The van der Waals surface area contributed by atoms with Crippen LogP contribution in [-0.2, 0) is 6.42 Å². The van der Waals surface area contributed by atoms with E-state index in [1.165, 1.54) is 5.56 Å². The Morgan fingerprint density at radius 2 is 2.00 bits per heavy atom. The lowest BCUT2D eigenvalue weighted by Gasteiger charge is -2.06. The fraction of sp³-hybridized carbons (Fsp3) is 0.333. The Labute approximate surface area is 72.0 Å². The Morgan fingerprint density at radius 1 is 1.36 bits per heavy atom. The summed E-state index contributed by atoms with van der Waals surface area (Å²) in [6, 6.07) is 10.3. The molecule has 0 spiro atoms. The summed E-state index contributed by atoms with van der Waals surface area (Å²) in [4.78, 5) is 0. The van der Waals surface area contributed by atoms with E-state index < -0.39 is 0 Å². The zero-order chi connectivity index (χ0) is 8.10. The molecule has 1 nitrogen and oxygen atoms in total. The molecule has 1 unspecified atom stereocenters. The molecule has 0 saturated heterocycles. The van der Waals surface area contributed by atoms with Crippen molar-refractivity contribution in [1.29, 1.82) is 0 Å². The topological polar surface area (TPSA) is 26.0 Å². The Bertz CT molecular complexity index is 198. The van der Waals surface area contributed by atoms with Crippen molar-refractivity contribution in [2.75, 3.05) is 6.26 Å². The van der Waals surface area contributed by atoms with Crippen molar-refractivity contribution in [3.05, 3.63) is 35.9 Å². The molecular formula is C9H13NS. The lowest BCUT2D eigenvalue weighted by atomic mass is 10.2. The van der Waals surface area contributed by atoms with Crippen molar-refractivity contribution in [2.24, 2.45) is 5.73 Å². The van der Waals surface area contributed by atoms with E-state index in [1.54, 1.807) is 11.8 Å². The van der Waals surface area contributed by atoms with Crippen molar-refractivity contribution in [2.45, 2.75) is 11.8 Å². The molecular weight excluding hydrogens is 154 g/mol. The van der Waals surface area contributed by atoms with Crippen LogP contribution in [0.1, 0.15) is 5.56 Å². The summed E-state index contributed by atoms with van der Waals surface area (Å²) in [5.74, 6) is 0. The summed E-state index contributed by atoms with van der Waals surface area (Å²) in [6.45, 7) is 0. The summed E-state index contributed by atoms with van der Waals surface area (Å²) >= 11 is 1.70. The Hall–Kier alpha value is -0.470. The minimum atomic E-state index is 0.234. The Morgan fingerprint density at radius 3 is 2.55 bits per heavy atom. The quantitative estimate of drug-likeness (QED) is 0.696. The first kappa shape index (κ1) is 8.62. The maximum Gasteiger partial charge on any atom is 0.0545 e. The second kappa shape index (κ2) is 4.42. The molecule has 0 aliphatic heterocycles. The molecule has 2 heteroatoms. The van der Waals surface area contributed by atoms with E-state index in [1.807, 2.05) is 24.5 Å². The van der Waals surface area contributed by atoms with Crippen LogP contribution >= 0.6 is 11.8 Å². The molecule has 1 aromatic carbocycles. The zero-order valence-corrected chi connectivity index (χ0v) is 7.47. The minimum absolute atomic E-state index is 0.234. The molecule has 1 atom stereocenters. The lowest BCUT2D eigenvalue weighted by Crippen LogP contribution is -2.17. The van der Waals surface area contributed by atoms with E-state index in [4.69, 9.17) is 5.73 Å². The third kappa shape index (κ3) is 2.95. The van der Waals surface area contributed by atoms with Gasteiger partial charge in [0, 0.05) is 0 Å². The number of thioether (sulfide) groups is 1. The van der Waals surface area contributed by atoms with Gasteiger partial charge in [-0.1, -0.05) is 30.3 Å². The summed E-state index contributed by atoms with van der Waals surface area (Å²) in [7, 11) is 0. The monoisotopic (exact) mass is 167 g/mol. The van der Waals surface area contributed by atoms with Crippen LogP contribution < -0.4 is 5.73 Å². The van der Waals surface area contributed by atoms with E-state index >= 15 is 0 Å². The van der Waals surface area contributed by atoms with Gasteiger partial charge in [-0.25, -0.2) is 0 Å². The molecule has 0 bridgehead atoms. The number of hydrogen-bond acceptors (Lipinski definition) is 2. The van der Waals surface area contributed by atoms with Gasteiger partial charge in [-0.3, -0.25) is 0 Å². The van der Waals surface area contributed by atoms with Gasteiger partial charge in [-0.2, -0.15) is 0 Å². The predicted molar refractivity (Wildman–Crippen MR) is 51.6 cm³/mol. The molecule has 0 radical (unpaired) electrons. The first-order valence-corrected chi connectivity index (χ1v) is 4.94. The third-order valence-electron chi connectivity index (χ3n) is 1.58. The molecule has 0 heterocycles. The average molecular weight is 167 g/mol.